The molecule has 1 aromatic heterocycles. The van der Waals surface area contributed by atoms with Gasteiger partial charge in [-0.05, 0) is 49.2 Å². The third-order valence-electron chi connectivity index (χ3n) is 3.47. The van der Waals surface area contributed by atoms with Crippen molar-refractivity contribution in [1.82, 2.24) is 10.2 Å². The zero-order valence-corrected chi connectivity index (χ0v) is 13.2. The van der Waals surface area contributed by atoms with E-state index in [9.17, 15) is 0 Å². The summed E-state index contributed by atoms with van der Waals surface area (Å²) in [5.41, 5.74) is 3.13. The van der Waals surface area contributed by atoms with Crippen LogP contribution in [0.4, 0.5) is 0 Å². The van der Waals surface area contributed by atoms with Crippen molar-refractivity contribution in [2.75, 3.05) is 13.2 Å². The Morgan fingerprint density at radius 3 is 2.26 bits per heavy atom. The van der Waals surface area contributed by atoms with Gasteiger partial charge in [-0.25, -0.2) is 0 Å². The van der Waals surface area contributed by atoms with Crippen molar-refractivity contribution in [3.63, 3.8) is 0 Å². The minimum absolute atomic E-state index is 0.480. The largest absolute Gasteiger partial charge is 0.490 e. The molecule has 0 saturated heterocycles. The zero-order valence-electron chi connectivity index (χ0n) is 13.2. The van der Waals surface area contributed by atoms with Gasteiger partial charge in [0.1, 0.15) is 24.7 Å². The van der Waals surface area contributed by atoms with Gasteiger partial charge >= 0.3 is 0 Å². The Hall–Kier alpha value is -2.82. The van der Waals surface area contributed by atoms with Crippen molar-refractivity contribution in [2.24, 2.45) is 0 Å². The highest BCUT2D eigenvalue weighted by molar-refractivity contribution is 5.53. The molecule has 5 heteroatoms. The number of aryl methyl sites for hydroxylation is 2. The highest BCUT2D eigenvalue weighted by atomic mass is 16.5. The first-order valence-corrected chi connectivity index (χ1v) is 7.42. The summed E-state index contributed by atoms with van der Waals surface area (Å²) < 4.78 is 16.6. The molecule has 0 spiro atoms. The topological polar surface area (TPSA) is 57.4 Å². The van der Waals surface area contributed by atoms with E-state index < -0.39 is 0 Å². The number of benzene rings is 2. The summed E-state index contributed by atoms with van der Waals surface area (Å²) in [5, 5.41) is 7.52. The molecular formula is C18H18N2O3. The molecule has 0 radical (unpaired) electrons. The Bertz CT molecular complexity index is 732. The number of ether oxygens (including phenoxy) is 2. The van der Waals surface area contributed by atoms with Gasteiger partial charge in [0.2, 0.25) is 12.3 Å². The number of rotatable bonds is 6. The Kier molecular flexibility index (Phi) is 4.57. The smallest absolute Gasteiger partial charge is 0.247 e. The molecule has 3 rings (SSSR count). The van der Waals surface area contributed by atoms with Gasteiger partial charge < -0.3 is 13.9 Å². The van der Waals surface area contributed by atoms with Crippen molar-refractivity contribution in [2.45, 2.75) is 13.8 Å². The maximum absolute atomic E-state index is 5.81. The van der Waals surface area contributed by atoms with Crippen LogP contribution in [0.1, 0.15) is 11.1 Å². The third-order valence-corrected chi connectivity index (χ3v) is 3.47. The van der Waals surface area contributed by atoms with Gasteiger partial charge in [-0.2, -0.15) is 0 Å². The van der Waals surface area contributed by atoms with E-state index in [4.69, 9.17) is 13.9 Å². The standard InChI is InChI=1S/C18H18N2O3/c1-13-4-3-5-14(2)17(13)22-11-10-21-16-8-6-15(7-9-16)18-20-19-12-23-18/h3-9,12H,10-11H2,1-2H3. The first kappa shape index (κ1) is 15.1. The van der Waals surface area contributed by atoms with Crippen LogP contribution in [0.2, 0.25) is 0 Å². The molecule has 23 heavy (non-hydrogen) atoms. The predicted octanol–water partition coefficient (Wildman–Crippen LogP) is 3.81. The molecule has 3 aromatic rings. The Morgan fingerprint density at radius 1 is 0.913 bits per heavy atom. The minimum atomic E-state index is 0.480. The van der Waals surface area contributed by atoms with E-state index in [0.29, 0.717) is 19.1 Å². The highest BCUT2D eigenvalue weighted by Crippen LogP contribution is 2.23. The molecule has 0 unspecified atom stereocenters. The number of para-hydroxylation sites is 1. The van der Waals surface area contributed by atoms with Gasteiger partial charge in [0.05, 0.1) is 0 Å². The van der Waals surface area contributed by atoms with Crippen LogP contribution in [0.25, 0.3) is 11.5 Å². The van der Waals surface area contributed by atoms with Crippen molar-refractivity contribution in [3.05, 3.63) is 60.0 Å². The molecule has 0 aliphatic carbocycles. The molecule has 0 aliphatic heterocycles. The van der Waals surface area contributed by atoms with Crippen LogP contribution >= 0.6 is 0 Å². The number of hydrogen-bond donors (Lipinski definition) is 0. The molecular weight excluding hydrogens is 292 g/mol. The monoisotopic (exact) mass is 310 g/mol. The maximum Gasteiger partial charge on any atom is 0.247 e. The van der Waals surface area contributed by atoms with Crippen LogP contribution in [0.3, 0.4) is 0 Å². The van der Waals surface area contributed by atoms with E-state index in [0.717, 1.165) is 28.2 Å². The van der Waals surface area contributed by atoms with Gasteiger partial charge in [0.25, 0.3) is 0 Å². The van der Waals surface area contributed by atoms with Crippen molar-refractivity contribution in [3.8, 4) is 23.0 Å². The first-order valence-electron chi connectivity index (χ1n) is 7.42. The van der Waals surface area contributed by atoms with Crippen LogP contribution in [0.5, 0.6) is 11.5 Å². The number of aromatic nitrogens is 2. The second kappa shape index (κ2) is 6.96. The van der Waals surface area contributed by atoms with Crippen LogP contribution in [0, 0.1) is 13.8 Å². The highest BCUT2D eigenvalue weighted by Gasteiger charge is 2.05. The van der Waals surface area contributed by atoms with Crippen molar-refractivity contribution >= 4 is 0 Å². The molecule has 0 bridgehead atoms. The normalized spacial score (nSPS) is 10.5. The number of nitrogens with zero attached hydrogens (tertiary/aromatic N) is 2. The van der Waals surface area contributed by atoms with E-state index in [1.54, 1.807) is 0 Å². The van der Waals surface area contributed by atoms with E-state index in [2.05, 4.69) is 10.2 Å². The van der Waals surface area contributed by atoms with Crippen LogP contribution in [0.15, 0.2) is 53.3 Å². The molecule has 0 saturated carbocycles. The molecule has 118 valence electrons. The van der Waals surface area contributed by atoms with Crippen LogP contribution in [-0.2, 0) is 0 Å². The Balaban J connectivity index is 1.51. The van der Waals surface area contributed by atoms with E-state index in [1.807, 2.05) is 56.3 Å². The summed E-state index contributed by atoms with van der Waals surface area (Å²) in [6.07, 6.45) is 1.31. The fourth-order valence-corrected chi connectivity index (χ4v) is 2.32. The van der Waals surface area contributed by atoms with Gasteiger partial charge in [0.15, 0.2) is 0 Å². The average molecular weight is 310 g/mol. The quantitative estimate of drug-likeness (QED) is 0.648. The van der Waals surface area contributed by atoms with E-state index >= 15 is 0 Å². The van der Waals surface area contributed by atoms with Gasteiger partial charge in [-0.3, -0.25) is 0 Å². The average Bonchev–Trinajstić information content (AvgIpc) is 3.09. The fourth-order valence-electron chi connectivity index (χ4n) is 2.32. The Labute approximate surface area is 134 Å². The zero-order chi connectivity index (χ0) is 16.1. The SMILES string of the molecule is Cc1cccc(C)c1OCCOc1ccc(-c2nnco2)cc1. The second-order valence-corrected chi connectivity index (χ2v) is 5.19. The van der Waals surface area contributed by atoms with E-state index in [-0.39, 0.29) is 0 Å². The third kappa shape index (κ3) is 3.69. The summed E-state index contributed by atoms with van der Waals surface area (Å²) in [7, 11) is 0. The first-order chi connectivity index (χ1) is 11.2. The summed E-state index contributed by atoms with van der Waals surface area (Å²) >= 11 is 0. The second-order valence-electron chi connectivity index (χ2n) is 5.19. The maximum atomic E-state index is 5.81. The summed E-state index contributed by atoms with van der Waals surface area (Å²) in [6.45, 7) is 5.06. The predicted molar refractivity (Wildman–Crippen MR) is 86.6 cm³/mol. The van der Waals surface area contributed by atoms with E-state index in [1.165, 1.54) is 6.39 Å². The van der Waals surface area contributed by atoms with Crippen LogP contribution < -0.4 is 9.47 Å². The molecule has 2 aromatic carbocycles. The van der Waals surface area contributed by atoms with Gasteiger partial charge in [-0.1, -0.05) is 18.2 Å². The molecule has 0 fully saturated rings. The van der Waals surface area contributed by atoms with Gasteiger partial charge in [0, 0.05) is 5.56 Å². The van der Waals surface area contributed by atoms with Crippen molar-refractivity contribution < 1.29 is 13.9 Å². The molecule has 0 atom stereocenters. The Morgan fingerprint density at radius 2 is 1.61 bits per heavy atom. The molecule has 1 heterocycles. The lowest BCUT2D eigenvalue weighted by Crippen LogP contribution is -2.10. The van der Waals surface area contributed by atoms with Gasteiger partial charge in [-0.15, -0.1) is 10.2 Å². The van der Waals surface area contributed by atoms with Crippen LogP contribution in [-0.4, -0.2) is 23.4 Å². The molecule has 5 nitrogen and oxygen atoms in total. The lowest BCUT2D eigenvalue weighted by Gasteiger charge is -2.12. The summed E-state index contributed by atoms with van der Waals surface area (Å²) in [6, 6.07) is 13.6. The van der Waals surface area contributed by atoms with Crippen molar-refractivity contribution in [1.29, 1.82) is 0 Å². The minimum Gasteiger partial charge on any atom is -0.490 e. The molecule has 0 aliphatic rings. The molecule has 0 amide bonds. The lowest BCUT2D eigenvalue weighted by atomic mass is 10.1. The summed E-state index contributed by atoms with van der Waals surface area (Å²) in [4.78, 5) is 0. The lowest BCUT2D eigenvalue weighted by molar-refractivity contribution is 0.215. The molecule has 0 N–H and O–H groups in total. The fraction of sp³-hybridized carbons (Fsp3) is 0.222. The number of hydrogen-bond acceptors (Lipinski definition) is 5. The summed E-state index contributed by atoms with van der Waals surface area (Å²) in [5.74, 6) is 2.20.